The molecule has 0 fully saturated rings. The fourth-order valence-corrected chi connectivity index (χ4v) is 2.73. The van der Waals surface area contributed by atoms with Gasteiger partial charge in [-0.3, -0.25) is 0 Å². The van der Waals surface area contributed by atoms with Crippen molar-refractivity contribution >= 4 is 38.6 Å². The van der Waals surface area contributed by atoms with Crippen molar-refractivity contribution in [3.63, 3.8) is 0 Å². The normalized spacial score (nSPS) is 10.8. The molecule has 0 bridgehead atoms. The Hall–Kier alpha value is -2.07. The van der Waals surface area contributed by atoms with Crippen LogP contribution < -0.4 is 11.1 Å². The van der Waals surface area contributed by atoms with Gasteiger partial charge in [0, 0.05) is 5.69 Å². The maximum absolute atomic E-state index is 6.15. The third-order valence-corrected chi connectivity index (χ3v) is 3.98. The van der Waals surface area contributed by atoms with E-state index >= 15 is 0 Å². The third-order valence-electron chi connectivity index (χ3n) is 3.18. The zero-order valence-electron chi connectivity index (χ0n) is 10.7. The quantitative estimate of drug-likeness (QED) is 0.701. The highest BCUT2D eigenvalue weighted by Crippen LogP contribution is 2.31. The molecule has 3 aromatic rings. The monoisotopic (exact) mass is 269 g/mol. The van der Waals surface area contributed by atoms with Gasteiger partial charge in [0.15, 0.2) is 0 Å². The Morgan fingerprint density at radius 1 is 1.16 bits per heavy atom. The summed E-state index contributed by atoms with van der Waals surface area (Å²) in [6, 6.07) is 12.4. The molecule has 0 aliphatic carbocycles. The van der Waals surface area contributed by atoms with Crippen LogP contribution in [0.5, 0.6) is 0 Å². The van der Waals surface area contributed by atoms with Crippen molar-refractivity contribution in [1.82, 2.24) is 4.98 Å². The Morgan fingerprint density at radius 2 is 1.95 bits per heavy atom. The van der Waals surface area contributed by atoms with Crippen molar-refractivity contribution in [3.8, 4) is 0 Å². The van der Waals surface area contributed by atoms with E-state index in [9.17, 15) is 0 Å². The number of hydrogen-bond acceptors (Lipinski definition) is 4. The van der Waals surface area contributed by atoms with Crippen LogP contribution in [0, 0.1) is 0 Å². The van der Waals surface area contributed by atoms with Crippen LogP contribution in [-0.2, 0) is 6.42 Å². The van der Waals surface area contributed by atoms with Crippen molar-refractivity contribution in [3.05, 3.63) is 47.5 Å². The number of benzene rings is 2. The van der Waals surface area contributed by atoms with Gasteiger partial charge in [-0.05, 0) is 36.2 Å². The predicted molar refractivity (Wildman–Crippen MR) is 83.1 cm³/mol. The van der Waals surface area contributed by atoms with Gasteiger partial charge in [0.2, 0.25) is 0 Å². The molecule has 3 nitrogen and oxygen atoms in total. The number of nitrogens with one attached hydrogen (secondary N) is 1. The van der Waals surface area contributed by atoms with Crippen molar-refractivity contribution in [2.45, 2.75) is 13.3 Å². The zero-order chi connectivity index (χ0) is 13.2. The summed E-state index contributed by atoms with van der Waals surface area (Å²) in [5.41, 5.74) is 12.8. The van der Waals surface area contributed by atoms with Crippen molar-refractivity contribution in [2.75, 3.05) is 11.1 Å². The topological polar surface area (TPSA) is 50.9 Å². The highest BCUT2D eigenvalue weighted by molar-refractivity contribution is 7.16. The highest BCUT2D eigenvalue weighted by Gasteiger charge is 2.06. The van der Waals surface area contributed by atoms with E-state index in [0.717, 1.165) is 28.0 Å². The largest absolute Gasteiger partial charge is 0.395 e. The van der Waals surface area contributed by atoms with Gasteiger partial charge in [-0.15, -0.1) is 11.3 Å². The smallest absolute Gasteiger partial charge is 0.106 e. The van der Waals surface area contributed by atoms with Crippen LogP contribution in [0.4, 0.5) is 17.1 Å². The maximum atomic E-state index is 6.15. The van der Waals surface area contributed by atoms with E-state index in [4.69, 9.17) is 5.73 Å². The first-order valence-electron chi connectivity index (χ1n) is 6.25. The lowest BCUT2D eigenvalue weighted by Crippen LogP contribution is -1.97. The molecule has 2 aromatic carbocycles. The molecule has 3 rings (SSSR count). The minimum absolute atomic E-state index is 0.707. The Balaban J connectivity index is 1.93. The summed E-state index contributed by atoms with van der Waals surface area (Å²) < 4.78 is 1.12. The van der Waals surface area contributed by atoms with Crippen molar-refractivity contribution < 1.29 is 0 Å². The molecule has 1 heterocycles. The van der Waals surface area contributed by atoms with Gasteiger partial charge in [-0.25, -0.2) is 4.98 Å². The average molecular weight is 269 g/mol. The molecule has 0 radical (unpaired) electrons. The van der Waals surface area contributed by atoms with Gasteiger partial charge < -0.3 is 11.1 Å². The van der Waals surface area contributed by atoms with Crippen LogP contribution in [0.25, 0.3) is 10.2 Å². The first-order valence-corrected chi connectivity index (χ1v) is 7.13. The van der Waals surface area contributed by atoms with E-state index in [1.807, 2.05) is 17.6 Å². The summed E-state index contributed by atoms with van der Waals surface area (Å²) in [7, 11) is 0. The average Bonchev–Trinajstić information content (AvgIpc) is 2.92. The molecule has 96 valence electrons. The number of nitrogens with zero attached hydrogens (tertiary/aromatic N) is 1. The molecule has 0 unspecified atom stereocenters. The second-order valence-corrected chi connectivity index (χ2v) is 5.29. The molecule has 0 aliphatic rings. The second kappa shape index (κ2) is 4.90. The Kier molecular flexibility index (Phi) is 3.09. The SMILES string of the molecule is CCc1ccc(Nc2ccc3scnc3c2N)cc1. The zero-order valence-corrected chi connectivity index (χ0v) is 11.5. The van der Waals surface area contributed by atoms with Gasteiger partial charge in [-0.2, -0.15) is 0 Å². The molecular weight excluding hydrogens is 254 g/mol. The summed E-state index contributed by atoms with van der Waals surface area (Å²) in [5.74, 6) is 0. The standard InChI is InChI=1S/C15H15N3S/c1-2-10-3-5-11(6-4-10)18-12-7-8-13-15(14(12)16)17-9-19-13/h3-9,18H,2,16H2,1H3. The molecule has 3 N–H and O–H groups in total. The number of aryl methyl sites for hydroxylation is 1. The van der Waals surface area contributed by atoms with E-state index < -0.39 is 0 Å². The van der Waals surface area contributed by atoms with E-state index in [1.165, 1.54) is 5.56 Å². The lowest BCUT2D eigenvalue weighted by atomic mass is 10.1. The summed E-state index contributed by atoms with van der Waals surface area (Å²) >= 11 is 1.60. The Labute approximate surface area is 116 Å². The highest BCUT2D eigenvalue weighted by atomic mass is 32.1. The number of thiazole rings is 1. The molecule has 0 spiro atoms. The van der Waals surface area contributed by atoms with E-state index in [0.29, 0.717) is 5.69 Å². The molecule has 19 heavy (non-hydrogen) atoms. The lowest BCUT2D eigenvalue weighted by molar-refractivity contribution is 1.14. The third kappa shape index (κ3) is 2.27. The molecular formula is C15H15N3S. The number of fused-ring (bicyclic) bond motifs is 1. The van der Waals surface area contributed by atoms with Gasteiger partial charge in [0.25, 0.3) is 0 Å². The summed E-state index contributed by atoms with van der Waals surface area (Å²) in [6.07, 6.45) is 1.05. The number of rotatable bonds is 3. The molecule has 1 aromatic heterocycles. The number of hydrogen-bond donors (Lipinski definition) is 2. The Morgan fingerprint density at radius 3 is 2.68 bits per heavy atom. The molecule has 0 saturated carbocycles. The molecule has 4 heteroatoms. The molecule has 0 saturated heterocycles. The van der Waals surface area contributed by atoms with Crippen LogP contribution in [0.2, 0.25) is 0 Å². The van der Waals surface area contributed by atoms with E-state index in [1.54, 1.807) is 11.3 Å². The van der Waals surface area contributed by atoms with Gasteiger partial charge in [0.05, 0.1) is 21.6 Å². The fraction of sp³-hybridized carbons (Fsp3) is 0.133. The molecule has 0 amide bonds. The van der Waals surface area contributed by atoms with Crippen LogP contribution in [0.3, 0.4) is 0 Å². The van der Waals surface area contributed by atoms with Gasteiger partial charge in [0.1, 0.15) is 5.52 Å². The predicted octanol–water partition coefficient (Wildman–Crippen LogP) is 4.18. The summed E-state index contributed by atoms with van der Waals surface area (Å²) in [4.78, 5) is 4.30. The number of nitrogen functional groups attached to an aromatic ring is 1. The van der Waals surface area contributed by atoms with Crippen molar-refractivity contribution in [2.24, 2.45) is 0 Å². The number of aromatic nitrogens is 1. The summed E-state index contributed by atoms with van der Waals surface area (Å²) in [5, 5.41) is 3.35. The number of anilines is 3. The van der Waals surface area contributed by atoms with Gasteiger partial charge in [-0.1, -0.05) is 19.1 Å². The maximum Gasteiger partial charge on any atom is 0.106 e. The van der Waals surface area contributed by atoms with Gasteiger partial charge >= 0.3 is 0 Å². The number of nitrogens with two attached hydrogens (primary N) is 1. The van der Waals surface area contributed by atoms with E-state index in [2.05, 4.69) is 41.5 Å². The van der Waals surface area contributed by atoms with Crippen LogP contribution in [0.15, 0.2) is 41.9 Å². The van der Waals surface area contributed by atoms with Crippen LogP contribution in [-0.4, -0.2) is 4.98 Å². The van der Waals surface area contributed by atoms with Crippen LogP contribution >= 0.6 is 11.3 Å². The minimum Gasteiger partial charge on any atom is -0.395 e. The molecule has 0 aliphatic heterocycles. The fourth-order valence-electron chi connectivity index (χ4n) is 2.04. The minimum atomic E-state index is 0.707. The second-order valence-electron chi connectivity index (χ2n) is 4.40. The first-order chi connectivity index (χ1) is 9.28. The summed E-state index contributed by atoms with van der Waals surface area (Å²) in [6.45, 7) is 2.15. The Bertz CT molecular complexity index is 701. The van der Waals surface area contributed by atoms with E-state index in [-0.39, 0.29) is 0 Å². The first kappa shape index (κ1) is 12.0. The lowest BCUT2D eigenvalue weighted by Gasteiger charge is -2.10. The molecule has 0 atom stereocenters. The van der Waals surface area contributed by atoms with Crippen molar-refractivity contribution in [1.29, 1.82) is 0 Å². The van der Waals surface area contributed by atoms with Crippen LogP contribution in [0.1, 0.15) is 12.5 Å².